The number of hydrogen-bond donors (Lipinski definition) is 1. The molecule has 0 saturated carbocycles. The number of nitrogens with zero attached hydrogens (tertiary/aromatic N) is 2. The van der Waals surface area contributed by atoms with Gasteiger partial charge in [-0.3, -0.25) is 4.79 Å². The molecule has 3 rings (SSSR count). The fraction of sp³-hybridized carbons (Fsp3) is 0.353. The molecule has 0 spiro atoms. The Labute approximate surface area is 134 Å². The molecule has 0 atom stereocenters. The number of carbonyl (C=O) groups excluding carboxylic acids is 1. The van der Waals surface area contributed by atoms with Crippen molar-refractivity contribution in [3.8, 4) is 11.5 Å². The van der Waals surface area contributed by atoms with E-state index in [4.69, 9.17) is 9.47 Å². The molecule has 0 unspecified atom stereocenters. The van der Waals surface area contributed by atoms with Gasteiger partial charge < -0.3 is 14.8 Å². The predicted molar refractivity (Wildman–Crippen MR) is 84.5 cm³/mol. The topological polar surface area (TPSA) is 73.3 Å². The van der Waals surface area contributed by atoms with Crippen molar-refractivity contribution < 1.29 is 14.3 Å². The number of hydrogen-bond acceptors (Lipinski definition) is 5. The maximum atomic E-state index is 12.3. The number of rotatable bonds is 3. The van der Waals surface area contributed by atoms with Crippen LogP contribution in [0.2, 0.25) is 0 Å². The molecule has 0 radical (unpaired) electrons. The number of carbonyl (C=O) groups is 1. The van der Waals surface area contributed by atoms with Crippen LogP contribution in [0.5, 0.6) is 11.5 Å². The van der Waals surface area contributed by atoms with Gasteiger partial charge in [-0.15, -0.1) is 0 Å². The molecule has 2 heterocycles. The monoisotopic (exact) mass is 313 g/mol. The first-order chi connectivity index (χ1) is 10.9. The molecule has 1 N–H and O–H groups in total. The second-order valence-corrected chi connectivity index (χ2v) is 6.40. The second-order valence-electron chi connectivity index (χ2n) is 6.40. The highest BCUT2D eigenvalue weighted by molar-refractivity contribution is 5.94. The normalized spacial score (nSPS) is 13.0. The molecule has 0 bridgehead atoms. The fourth-order valence-electron chi connectivity index (χ4n) is 2.48. The van der Waals surface area contributed by atoms with Gasteiger partial charge in [0.1, 0.15) is 6.33 Å². The summed E-state index contributed by atoms with van der Waals surface area (Å²) < 4.78 is 10.5. The maximum Gasteiger partial charge on any atom is 0.251 e. The van der Waals surface area contributed by atoms with Gasteiger partial charge in [-0.05, 0) is 18.2 Å². The van der Waals surface area contributed by atoms with E-state index in [2.05, 4.69) is 36.1 Å². The van der Waals surface area contributed by atoms with E-state index in [0.29, 0.717) is 23.6 Å². The van der Waals surface area contributed by atoms with Gasteiger partial charge in [0.2, 0.25) is 6.79 Å². The van der Waals surface area contributed by atoms with Crippen LogP contribution in [0, 0.1) is 0 Å². The molecule has 120 valence electrons. The van der Waals surface area contributed by atoms with Crippen molar-refractivity contribution in [2.45, 2.75) is 32.7 Å². The quantitative estimate of drug-likeness (QED) is 0.942. The van der Waals surface area contributed by atoms with Gasteiger partial charge >= 0.3 is 0 Å². The summed E-state index contributed by atoms with van der Waals surface area (Å²) in [6, 6.07) is 5.14. The molecule has 0 fully saturated rings. The number of ether oxygens (including phenoxy) is 2. The van der Waals surface area contributed by atoms with Gasteiger partial charge in [-0.25, -0.2) is 9.97 Å². The van der Waals surface area contributed by atoms with Crippen molar-refractivity contribution in [1.82, 2.24) is 15.3 Å². The molecule has 1 amide bonds. The van der Waals surface area contributed by atoms with Crippen molar-refractivity contribution >= 4 is 5.91 Å². The molecule has 6 heteroatoms. The van der Waals surface area contributed by atoms with Crippen molar-refractivity contribution in [3.63, 3.8) is 0 Å². The van der Waals surface area contributed by atoms with E-state index < -0.39 is 0 Å². The smallest absolute Gasteiger partial charge is 0.251 e. The first kappa shape index (κ1) is 15.3. The van der Waals surface area contributed by atoms with Crippen LogP contribution in [-0.2, 0) is 12.0 Å². The number of amides is 1. The minimum Gasteiger partial charge on any atom is -0.454 e. The molecule has 2 aromatic rings. The van der Waals surface area contributed by atoms with E-state index in [1.54, 1.807) is 24.4 Å². The Balaban J connectivity index is 1.73. The lowest BCUT2D eigenvalue weighted by Gasteiger charge is -2.21. The van der Waals surface area contributed by atoms with Crippen molar-refractivity contribution in [2.75, 3.05) is 6.79 Å². The van der Waals surface area contributed by atoms with E-state index in [9.17, 15) is 4.79 Å². The number of fused-ring (bicyclic) bond motifs is 1. The number of aromatic nitrogens is 2. The van der Waals surface area contributed by atoms with E-state index in [0.717, 1.165) is 11.3 Å². The van der Waals surface area contributed by atoms with Crippen LogP contribution >= 0.6 is 0 Å². The zero-order valence-electron chi connectivity index (χ0n) is 13.4. The summed E-state index contributed by atoms with van der Waals surface area (Å²) >= 11 is 0. The highest BCUT2D eigenvalue weighted by atomic mass is 16.7. The standard InChI is InChI=1S/C17H19N3O3/c1-17(2,3)15-12(7-18-9-20-15)8-19-16(21)11-4-5-13-14(6-11)23-10-22-13/h4-7,9H,8,10H2,1-3H3,(H,19,21). The van der Waals surface area contributed by atoms with Crippen molar-refractivity contribution in [2.24, 2.45) is 0 Å². The summed E-state index contributed by atoms with van der Waals surface area (Å²) in [5, 5.41) is 2.90. The summed E-state index contributed by atoms with van der Waals surface area (Å²) in [7, 11) is 0. The Morgan fingerprint density at radius 1 is 1.26 bits per heavy atom. The lowest BCUT2D eigenvalue weighted by atomic mass is 9.89. The van der Waals surface area contributed by atoms with Gasteiger partial charge in [-0.1, -0.05) is 20.8 Å². The summed E-state index contributed by atoms with van der Waals surface area (Å²) in [6.45, 7) is 6.81. The highest BCUT2D eigenvalue weighted by Crippen LogP contribution is 2.32. The zero-order chi connectivity index (χ0) is 16.4. The molecule has 1 aromatic heterocycles. The highest BCUT2D eigenvalue weighted by Gasteiger charge is 2.20. The summed E-state index contributed by atoms with van der Waals surface area (Å²) in [5.41, 5.74) is 2.26. The molecular weight excluding hydrogens is 294 g/mol. The number of nitrogens with one attached hydrogen (secondary N) is 1. The molecule has 0 saturated heterocycles. The molecular formula is C17H19N3O3. The largest absolute Gasteiger partial charge is 0.454 e. The van der Waals surface area contributed by atoms with Crippen molar-refractivity contribution in [1.29, 1.82) is 0 Å². The van der Waals surface area contributed by atoms with Crippen LogP contribution in [0.4, 0.5) is 0 Å². The first-order valence-corrected chi connectivity index (χ1v) is 7.42. The Kier molecular flexibility index (Phi) is 3.90. The van der Waals surface area contributed by atoms with Crippen LogP contribution in [0.3, 0.4) is 0 Å². The van der Waals surface area contributed by atoms with Crippen LogP contribution in [0.15, 0.2) is 30.7 Å². The van der Waals surface area contributed by atoms with Gasteiger partial charge in [0.15, 0.2) is 11.5 Å². The third-order valence-corrected chi connectivity index (χ3v) is 3.57. The van der Waals surface area contributed by atoms with E-state index in [1.165, 1.54) is 6.33 Å². The van der Waals surface area contributed by atoms with E-state index in [-0.39, 0.29) is 18.1 Å². The summed E-state index contributed by atoms with van der Waals surface area (Å²) in [4.78, 5) is 20.7. The third kappa shape index (κ3) is 3.26. The maximum absolute atomic E-state index is 12.3. The number of benzene rings is 1. The molecule has 1 aliphatic rings. The SMILES string of the molecule is CC(C)(C)c1ncncc1CNC(=O)c1ccc2c(c1)OCO2. The predicted octanol–water partition coefficient (Wildman–Crippen LogP) is 2.43. The Morgan fingerprint density at radius 2 is 2.04 bits per heavy atom. The van der Waals surface area contributed by atoms with E-state index in [1.807, 2.05) is 0 Å². The van der Waals surface area contributed by atoms with Gasteiger partial charge in [0.05, 0.1) is 5.69 Å². The second kappa shape index (κ2) is 5.87. The Hall–Kier alpha value is -2.63. The molecule has 0 aliphatic carbocycles. The summed E-state index contributed by atoms with van der Waals surface area (Å²) in [5.74, 6) is 1.08. The average molecular weight is 313 g/mol. The Morgan fingerprint density at radius 3 is 2.83 bits per heavy atom. The Bertz CT molecular complexity index is 738. The molecule has 1 aromatic carbocycles. The van der Waals surface area contributed by atoms with Crippen LogP contribution in [0.25, 0.3) is 0 Å². The zero-order valence-corrected chi connectivity index (χ0v) is 13.4. The minimum absolute atomic E-state index is 0.109. The average Bonchev–Trinajstić information content (AvgIpc) is 2.99. The van der Waals surface area contributed by atoms with Crippen LogP contribution < -0.4 is 14.8 Å². The molecule has 1 aliphatic heterocycles. The minimum atomic E-state index is -0.174. The first-order valence-electron chi connectivity index (χ1n) is 7.42. The van der Waals surface area contributed by atoms with Crippen LogP contribution in [0.1, 0.15) is 42.4 Å². The van der Waals surface area contributed by atoms with Gasteiger partial charge in [0.25, 0.3) is 5.91 Å². The third-order valence-electron chi connectivity index (χ3n) is 3.57. The molecule has 23 heavy (non-hydrogen) atoms. The molecule has 6 nitrogen and oxygen atoms in total. The van der Waals surface area contributed by atoms with Crippen LogP contribution in [-0.4, -0.2) is 22.7 Å². The van der Waals surface area contributed by atoms with Gasteiger partial charge in [-0.2, -0.15) is 0 Å². The van der Waals surface area contributed by atoms with Gasteiger partial charge in [0, 0.05) is 29.3 Å². The lowest BCUT2D eigenvalue weighted by molar-refractivity contribution is 0.0950. The fourth-order valence-corrected chi connectivity index (χ4v) is 2.48. The lowest BCUT2D eigenvalue weighted by Crippen LogP contribution is -2.26. The van der Waals surface area contributed by atoms with Crippen molar-refractivity contribution in [3.05, 3.63) is 47.5 Å². The summed E-state index contributed by atoms with van der Waals surface area (Å²) in [6.07, 6.45) is 3.28. The van der Waals surface area contributed by atoms with E-state index >= 15 is 0 Å².